The van der Waals surface area contributed by atoms with Gasteiger partial charge in [-0.1, -0.05) is 0 Å². The predicted octanol–water partition coefficient (Wildman–Crippen LogP) is -0.874. The van der Waals surface area contributed by atoms with E-state index in [1.807, 2.05) is 6.26 Å². The van der Waals surface area contributed by atoms with Crippen molar-refractivity contribution in [1.29, 1.82) is 0 Å². The predicted molar refractivity (Wildman–Crippen MR) is 42.8 cm³/mol. The Morgan fingerprint density at radius 2 is 2.36 bits per heavy atom. The van der Waals surface area contributed by atoms with Gasteiger partial charge in [-0.3, -0.25) is 9.59 Å². The molecule has 1 unspecified atom stereocenters. The molecule has 0 aromatic carbocycles. The van der Waals surface area contributed by atoms with Gasteiger partial charge in [0, 0.05) is 5.75 Å². The summed E-state index contributed by atoms with van der Waals surface area (Å²) in [5, 5.41) is 4.92. The summed E-state index contributed by atoms with van der Waals surface area (Å²) in [6.45, 7) is 1.14. The number of hydrogen-bond acceptors (Lipinski definition) is 3. The number of carbonyl (C=O) groups is 2. The van der Waals surface area contributed by atoms with Crippen molar-refractivity contribution in [1.82, 2.24) is 10.6 Å². The first-order chi connectivity index (χ1) is 5.24. The second-order valence-corrected chi connectivity index (χ2v) is 3.08. The first-order valence-corrected chi connectivity index (χ1v) is 4.56. The van der Waals surface area contributed by atoms with Crippen molar-refractivity contribution >= 4 is 23.6 Å². The molecule has 4 nitrogen and oxygen atoms in total. The molecular weight excluding hydrogens is 164 g/mol. The molecule has 0 saturated carbocycles. The van der Waals surface area contributed by atoms with Crippen LogP contribution >= 0.6 is 11.8 Å². The highest BCUT2D eigenvalue weighted by molar-refractivity contribution is 7.98. The van der Waals surface area contributed by atoms with Gasteiger partial charge >= 0.3 is 0 Å². The van der Waals surface area contributed by atoms with Gasteiger partial charge in [0.25, 0.3) is 0 Å². The maximum atomic E-state index is 11.0. The molecule has 0 aliphatic carbocycles. The van der Waals surface area contributed by atoms with Gasteiger partial charge in [0.1, 0.15) is 12.6 Å². The maximum Gasteiger partial charge on any atom is 0.245 e. The smallest absolute Gasteiger partial charge is 0.245 e. The summed E-state index contributed by atoms with van der Waals surface area (Å²) in [6.07, 6.45) is 1.89. The van der Waals surface area contributed by atoms with Crippen molar-refractivity contribution in [2.45, 2.75) is 6.04 Å². The fourth-order valence-electron chi connectivity index (χ4n) is 0.800. The number of amides is 2. The minimum atomic E-state index is -0.373. The van der Waals surface area contributed by atoms with Crippen molar-refractivity contribution in [2.24, 2.45) is 0 Å². The average molecular weight is 173 g/mol. The zero-order valence-electron chi connectivity index (χ0n) is 6.09. The van der Waals surface area contributed by atoms with E-state index in [2.05, 4.69) is 10.6 Å². The molecule has 1 radical (unpaired) electrons. The summed E-state index contributed by atoms with van der Waals surface area (Å²) in [4.78, 5) is 21.7. The van der Waals surface area contributed by atoms with Crippen molar-refractivity contribution in [3.05, 3.63) is 6.54 Å². The number of carbonyl (C=O) groups excluding carboxylic acids is 2. The molecular formula is C6H9N2O2S. The highest BCUT2D eigenvalue weighted by Crippen LogP contribution is 2.00. The molecule has 1 aliphatic heterocycles. The third-order valence-electron chi connectivity index (χ3n) is 1.31. The van der Waals surface area contributed by atoms with Gasteiger partial charge < -0.3 is 10.6 Å². The number of nitrogens with one attached hydrogen (secondary N) is 2. The highest BCUT2D eigenvalue weighted by Gasteiger charge is 2.25. The summed E-state index contributed by atoms with van der Waals surface area (Å²) in [5.74, 6) is 0.244. The van der Waals surface area contributed by atoms with Crippen molar-refractivity contribution < 1.29 is 9.59 Å². The van der Waals surface area contributed by atoms with Gasteiger partial charge in [-0.05, 0) is 6.26 Å². The van der Waals surface area contributed by atoms with Crippen LogP contribution in [0.4, 0.5) is 0 Å². The lowest BCUT2D eigenvalue weighted by molar-refractivity contribution is -0.130. The van der Waals surface area contributed by atoms with Crippen LogP contribution in [0.2, 0.25) is 0 Å². The summed E-state index contributed by atoms with van der Waals surface area (Å²) in [7, 11) is 0. The third-order valence-corrected chi connectivity index (χ3v) is 1.98. The van der Waals surface area contributed by atoms with Crippen LogP contribution in [0.15, 0.2) is 0 Å². The fourth-order valence-corrected chi connectivity index (χ4v) is 1.37. The Morgan fingerprint density at radius 1 is 1.64 bits per heavy atom. The standard InChI is InChI=1S/C6H9N2O2S/c1-11-3-4-6(10)7-2-5(9)8-4/h2,4H,3H2,1H3,(H,7,10)(H,8,9). The molecule has 1 rings (SSSR count). The zero-order valence-corrected chi connectivity index (χ0v) is 6.90. The first-order valence-electron chi connectivity index (χ1n) is 3.17. The van der Waals surface area contributed by atoms with Crippen LogP contribution < -0.4 is 10.6 Å². The molecule has 61 valence electrons. The van der Waals surface area contributed by atoms with E-state index in [0.717, 1.165) is 6.54 Å². The molecule has 1 aliphatic rings. The Kier molecular flexibility index (Phi) is 2.76. The molecule has 1 saturated heterocycles. The Balaban J connectivity index is 2.47. The normalized spacial score (nSPS) is 24.3. The average Bonchev–Trinajstić information content (AvgIpc) is 1.98. The summed E-state index contributed by atoms with van der Waals surface area (Å²) < 4.78 is 0. The number of hydrogen-bond donors (Lipinski definition) is 2. The van der Waals surface area contributed by atoms with Gasteiger partial charge in [-0.2, -0.15) is 11.8 Å². The number of rotatable bonds is 2. The van der Waals surface area contributed by atoms with Crippen LogP contribution in [-0.2, 0) is 9.59 Å². The second kappa shape index (κ2) is 3.61. The monoisotopic (exact) mass is 173 g/mol. The van der Waals surface area contributed by atoms with Crippen molar-refractivity contribution in [3.8, 4) is 0 Å². The quantitative estimate of drug-likeness (QED) is 0.570. The molecule has 2 amide bonds. The van der Waals surface area contributed by atoms with Gasteiger partial charge in [0.05, 0.1) is 0 Å². The lowest BCUT2D eigenvalue weighted by atomic mass is 10.2. The zero-order chi connectivity index (χ0) is 8.27. The van der Waals surface area contributed by atoms with E-state index in [9.17, 15) is 9.59 Å². The molecule has 0 aromatic rings. The van der Waals surface area contributed by atoms with Crippen LogP contribution in [0.3, 0.4) is 0 Å². The van der Waals surface area contributed by atoms with Crippen LogP contribution in [0, 0.1) is 6.54 Å². The number of piperazine rings is 1. The molecule has 0 aromatic heterocycles. The molecule has 11 heavy (non-hydrogen) atoms. The highest BCUT2D eigenvalue weighted by atomic mass is 32.2. The van der Waals surface area contributed by atoms with Gasteiger partial charge in [0.2, 0.25) is 11.8 Å². The Morgan fingerprint density at radius 3 is 3.00 bits per heavy atom. The lowest BCUT2D eigenvalue weighted by Crippen LogP contribution is -2.54. The van der Waals surface area contributed by atoms with E-state index >= 15 is 0 Å². The van der Waals surface area contributed by atoms with Gasteiger partial charge in [0.15, 0.2) is 0 Å². The molecule has 0 spiro atoms. The van der Waals surface area contributed by atoms with Gasteiger partial charge in [-0.25, -0.2) is 0 Å². The van der Waals surface area contributed by atoms with Crippen LogP contribution in [0.5, 0.6) is 0 Å². The first kappa shape index (κ1) is 8.39. The molecule has 5 heteroatoms. The SMILES string of the molecule is CSCC1NC(=O)[CH]NC1=O. The van der Waals surface area contributed by atoms with Crippen LogP contribution in [-0.4, -0.2) is 29.9 Å². The molecule has 1 fully saturated rings. The van der Waals surface area contributed by atoms with E-state index in [0.29, 0.717) is 5.75 Å². The Bertz CT molecular complexity index is 183. The van der Waals surface area contributed by atoms with Crippen molar-refractivity contribution in [2.75, 3.05) is 12.0 Å². The van der Waals surface area contributed by atoms with Crippen molar-refractivity contribution in [3.63, 3.8) is 0 Å². The Labute approximate surface area is 69.1 Å². The molecule has 2 N–H and O–H groups in total. The summed E-state index contributed by atoms with van der Waals surface area (Å²) >= 11 is 1.52. The van der Waals surface area contributed by atoms with E-state index < -0.39 is 0 Å². The Hall–Kier alpha value is -0.710. The van der Waals surface area contributed by atoms with E-state index in [1.165, 1.54) is 11.8 Å². The molecule has 1 atom stereocenters. The van der Waals surface area contributed by atoms with Gasteiger partial charge in [-0.15, -0.1) is 0 Å². The lowest BCUT2D eigenvalue weighted by Gasteiger charge is -2.21. The second-order valence-electron chi connectivity index (χ2n) is 2.17. The van der Waals surface area contributed by atoms with Crippen LogP contribution in [0.25, 0.3) is 0 Å². The number of thioether (sulfide) groups is 1. The topological polar surface area (TPSA) is 58.2 Å². The largest absolute Gasteiger partial charge is 0.342 e. The van der Waals surface area contributed by atoms with E-state index in [4.69, 9.17) is 0 Å². The van der Waals surface area contributed by atoms with E-state index in [-0.39, 0.29) is 17.9 Å². The summed E-state index contributed by atoms with van der Waals surface area (Å²) in [5.41, 5.74) is 0. The molecule has 1 heterocycles. The summed E-state index contributed by atoms with van der Waals surface area (Å²) in [6, 6.07) is -0.373. The fraction of sp³-hybridized carbons (Fsp3) is 0.500. The maximum absolute atomic E-state index is 11.0. The van der Waals surface area contributed by atoms with Crippen LogP contribution in [0.1, 0.15) is 0 Å². The van der Waals surface area contributed by atoms with E-state index in [1.54, 1.807) is 0 Å². The third kappa shape index (κ3) is 2.11. The molecule has 0 bridgehead atoms. The minimum Gasteiger partial charge on any atom is -0.342 e. The minimum absolute atomic E-state index is 0.140.